The molecular formula is C24H25F3N4O3S. The lowest BCUT2D eigenvalue weighted by Crippen LogP contribution is -2.51. The summed E-state index contributed by atoms with van der Waals surface area (Å²) in [7, 11) is -4.09. The predicted molar refractivity (Wildman–Crippen MR) is 122 cm³/mol. The molecular weight excluding hydrogens is 481 g/mol. The van der Waals surface area contributed by atoms with Gasteiger partial charge in [0, 0.05) is 25.8 Å². The molecule has 1 atom stereocenters. The summed E-state index contributed by atoms with van der Waals surface area (Å²) in [6.45, 7) is -0.0145. The Morgan fingerprint density at radius 3 is 2.66 bits per heavy atom. The van der Waals surface area contributed by atoms with Crippen LogP contribution in [0.25, 0.3) is 6.08 Å². The summed E-state index contributed by atoms with van der Waals surface area (Å²) >= 11 is 0. The van der Waals surface area contributed by atoms with Crippen LogP contribution in [-0.4, -0.2) is 49.1 Å². The van der Waals surface area contributed by atoms with Crippen LogP contribution in [0.2, 0.25) is 0 Å². The highest BCUT2D eigenvalue weighted by Crippen LogP contribution is 2.34. The number of amides is 1. The average Bonchev–Trinajstić information content (AvgIpc) is 3.49. The molecule has 0 radical (unpaired) electrons. The van der Waals surface area contributed by atoms with E-state index in [1.54, 1.807) is 35.0 Å². The first-order valence-electron chi connectivity index (χ1n) is 11.3. The highest BCUT2D eigenvalue weighted by Gasteiger charge is 2.42. The number of hydrogen-bond donors (Lipinski definition) is 1. The number of halogens is 3. The summed E-state index contributed by atoms with van der Waals surface area (Å²) in [5, 5.41) is 9.23. The average molecular weight is 507 g/mol. The predicted octanol–water partition coefficient (Wildman–Crippen LogP) is 3.47. The second kappa shape index (κ2) is 9.87. The maximum Gasteiger partial charge on any atom is 0.391 e. The van der Waals surface area contributed by atoms with Gasteiger partial charge in [0.25, 0.3) is 0 Å². The third-order valence-electron chi connectivity index (χ3n) is 6.53. The van der Waals surface area contributed by atoms with Gasteiger partial charge in [-0.25, -0.2) is 8.42 Å². The van der Waals surface area contributed by atoms with Crippen molar-refractivity contribution in [1.29, 1.82) is 5.26 Å². The minimum absolute atomic E-state index is 0.0206. The first-order valence-corrected chi connectivity index (χ1v) is 12.8. The number of aromatic nitrogens is 1. The number of likely N-dealkylation sites (tertiary alicyclic amines) is 1. The van der Waals surface area contributed by atoms with E-state index in [1.807, 2.05) is 18.2 Å². The Kier molecular flexibility index (Phi) is 7.05. The van der Waals surface area contributed by atoms with Crippen LogP contribution in [0.15, 0.2) is 47.5 Å². The van der Waals surface area contributed by atoms with Crippen molar-refractivity contribution in [2.24, 2.45) is 5.92 Å². The lowest BCUT2D eigenvalue weighted by molar-refractivity contribution is -0.186. The van der Waals surface area contributed by atoms with E-state index >= 15 is 0 Å². The molecule has 1 fully saturated rings. The van der Waals surface area contributed by atoms with Crippen LogP contribution >= 0.6 is 0 Å². The number of nitrogens with zero attached hydrogens (tertiary/aromatic N) is 3. The maximum absolute atomic E-state index is 13.3. The number of alkyl halides is 3. The van der Waals surface area contributed by atoms with Gasteiger partial charge in [-0.1, -0.05) is 18.2 Å². The number of carbonyl (C=O) groups is 1. The van der Waals surface area contributed by atoms with Crippen molar-refractivity contribution in [3.05, 3.63) is 59.4 Å². The Labute approximate surface area is 201 Å². The van der Waals surface area contributed by atoms with Gasteiger partial charge < -0.3 is 9.47 Å². The lowest BCUT2D eigenvalue weighted by atomic mass is 9.95. The van der Waals surface area contributed by atoms with Crippen molar-refractivity contribution < 1.29 is 26.4 Å². The smallest absolute Gasteiger partial charge is 0.341 e. The van der Waals surface area contributed by atoms with Crippen molar-refractivity contribution in [1.82, 2.24) is 14.2 Å². The molecule has 186 valence electrons. The van der Waals surface area contributed by atoms with Gasteiger partial charge in [-0.15, -0.1) is 0 Å². The highest BCUT2D eigenvalue weighted by molar-refractivity contribution is 7.89. The molecule has 1 aliphatic carbocycles. The van der Waals surface area contributed by atoms with Crippen molar-refractivity contribution in [3.63, 3.8) is 0 Å². The number of aryl methyl sites for hydroxylation is 1. The molecule has 1 N–H and O–H groups in total. The summed E-state index contributed by atoms with van der Waals surface area (Å²) in [5.74, 6) is -2.04. The van der Waals surface area contributed by atoms with Gasteiger partial charge in [0.05, 0.1) is 10.8 Å². The molecule has 0 bridgehead atoms. The van der Waals surface area contributed by atoms with Crippen molar-refractivity contribution in [2.75, 3.05) is 13.1 Å². The zero-order chi connectivity index (χ0) is 25.2. The van der Waals surface area contributed by atoms with Crippen LogP contribution in [0.1, 0.15) is 36.1 Å². The van der Waals surface area contributed by atoms with E-state index in [2.05, 4.69) is 4.72 Å². The number of hydrogen-bond acceptors (Lipinski definition) is 4. The molecule has 7 nitrogen and oxygen atoms in total. The molecule has 4 rings (SSSR count). The number of benzene rings is 1. The molecule has 1 saturated heterocycles. The molecule has 1 aromatic heterocycles. The van der Waals surface area contributed by atoms with Gasteiger partial charge in [-0.05, 0) is 61.1 Å². The molecule has 0 spiro atoms. The van der Waals surface area contributed by atoms with Gasteiger partial charge in [-0.3, -0.25) is 4.79 Å². The van der Waals surface area contributed by atoms with Crippen LogP contribution in [0.3, 0.4) is 0 Å². The zero-order valence-corrected chi connectivity index (χ0v) is 19.6. The standard InChI is InChI=1S/C24H25F3N4O3S/c25-24(26,27)19-8-12-31(13-9-19)23(32)22(10-14-30-11-2-5-20(30)16-28)29-35(33,34)21-7-6-17-3-1-4-18(17)15-21/h1-3,5-7,11,15,19,22,29H,4,8-10,12-14H2. The van der Waals surface area contributed by atoms with Crippen LogP contribution in [0, 0.1) is 17.2 Å². The molecule has 11 heteroatoms. The molecule has 1 aliphatic heterocycles. The third kappa shape index (κ3) is 5.60. The number of nitrogens with one attached hydrogen (secondary N) is 1. The fourth-order valence-corrected chi connectivity index (χ4v) is 5.79. The number of nitriles is 1. The monoisotopic (exact) mass is 506 g/mol. The van der Waals surface area contributed by atoms with E-state index in [-0.39, 0.29) is 43.8 Å². The van der Waals surface area contributed by atoms with E-state index in [1.165, 1.54) is 11.0 Å². The van der Waals surface area contributed by atoms with Gasteiger partial charge in [0.2, 0.25) is 15.9 Å². The molecule has 2 heterocycles. The third-order valence-corrected chi connectivity index (χ3v) is 8.00. The molecule has 2 aliphatic rings. The highest BCUT2D eigenvalue weighted by atomic mass is 32.2. The van der Waals surface area contributed by atoms with Crippen molar-refractivity contribution >= 4 is 22.0 Å². The Bertz CT molecular complexity index is 1270. The van der Waals surface area contributed by atoms with Crippen LogP contribution in [0.5, 0.6) is 0 Å². The van der Waals surface area contributed by atoms with Crippen LogP contribution in [0.4, 0.5) is 13.2 Å². The quantitative estimate of drug-likeness (QED) is 0.622. The largest absolute Gasteiger partial charge is 0.391 e. The second-order valence-corrected chi connectivity index (χ2v) is 10.5. The number of allylic oxidation sites excluding steroid dienone is 1. The topological polar surface area (TPSA) is 95.2 Å². The second-order valence-electron chi connectivity index (χ2n) is 8.77. The molecule has 1 aromatic carbocycles. The number of piperidine rings is 1. The van der Waals surface area contributed by atoms with Gasteiger partial charge in [0.1, 0.15) is 17.8 Å². The number of sulfonamides is 1. The SMILES string of the molecule is N#Cc1cccn1CCC(NS(=O)(=O)c1ccc2c(c1)CC=C2)C(=O)N1CCC(C(F)(F)F)CC1. The van der Waals surface area contributed by atoms with Gasteiger partial charge in [0.15, 0.2) is 0 Å². The number of rotatable bonds is 7. The fourth-order valence-electron chi connectivity index (χ4n) is 4.52. The van der Waals surface area contributed by atoms with Crippen LogP contribution in [-0.2, 0) is 27.8 Å². The van der Waals surface area contributed by atoms with Crippen LogP contribution < -0.4 is 4.72 Å². The van der Waals surface area contributed by atoms with E-state index < -0.39 is 34.1 Å². The molecule has 1 amide bonds. The fraction of sp³-hybridized carbons (Fsp3) is 0.417. The molecule has 35 heavy (non-hydrogen) atoms. The Hall–Kier alpha value is -3.10. The molecule has 2 aromatic rings. The van der Waals surface area contributed by atoms with E-state index in [4.69, 9.17) is 0 Å². The van der Waals surface area contributed by atoms with E-state index in [0.29, 0.717) is 12.1 Å². The van der Waals surface area contributed by atoms with Gasteiger partial charge >= 0.3 is 6.18 Å². The normalized spacial score (nSPS) is 17.3. The number of carbonyl (C=O) groups excluding carboxylic acids is 1. The first-order chi connectivity index (χ1) is 16.6. The minimum Gasteiger partial charge on any atom is -0.341 e. The van der Waals surface area contributed by atoms with Crippen molar-refractivity contribution in [2.45, 2.75) is 49.3 Å². The summed E-state index contributed by atoms with van der Waals surface area (Å²) in [5.41, 5.74) is 2.15. The molecule has 0 saturated carbocycles. The Balaban J connectivity index is 1.53. The first kappa shape index (κ1) is 25.0. The summed E-state index contributed by atoms with van der Waals surface area (Å²) in [4.78, 5) is 14.6. The van der Waals surface area contributed by atoms with Crippen molar-refractivity contribution in [3.8, 4) is 6.07 Å². The maximum atomic E-state index is 13.3. The van der Waals surface area contributed by atoms with E-state index in [0.717, 1.165) is 11.1 Å². The summed E-state index contributed by atoms with van der Waals surface area (Å²) in [6.07, 6.45) is 1.37. The number of fused-ring (bicyclic) bond motifs is 1. The Morgan fingerprint density at radius 1 is 1.23 bits per heavy atom. The minimum atomic E-state index is -4.32. The van der Waals surface area contributed by atoms with E-state index in [9.17, 15) is 31.6 Å². The molecule has 1 unspecified atom stereocenters. The summed E-state index contributed by atoms with van der Waals surface area (Å²) < 4.78 is 69.6. The zero-order valence-electron chi connectivity index (χ0n) is 18.8. The Morgan fingerprint density at radius 2 is 1.97 bits per heavy atom. The lowest BCUT2D eigenvalue weighted by Gasteiger charge is -2.35. The van der Waals surface area contributed by atoms with Gasteiger partial charge in [-0.2, -0.15) is 23.2 Å². The summed E-state index contributed by atoms with van der Waals surface area (Å²) in [6, 6.07) is 8.83.